The minimum absolute atomic E-state index is 0.0721. The maximum Gasteiger partial charge on any atom is 0.182 e. The summed E-state index contributed by atoms with van der Waals surface area (Å²) in [7, 11) is 0. The molecule has 0 spiro atoms. The highest BCUT2D eigenvalue weighted by molar-refractivity contribution is 6.04. The second-order valence-electron chi connectivity index (χ2n) is 9.17. The van der Waals surface area contributed by atoms with Gasteiger partial charge in [-0.05, 0) is 50.3 Å². The molecule has 6 nitrogen and oxygen atoms in total. The first-order chi connectivity index (χ1) is 14.5. The first-order valence-electron chi connectivity index (χ1n) is 10.9. The summed E-state index contributed by atoms with van der Waals surface area (Å²) in [5, 5.41) is 19.2. The van der Waals surface area contributed by atoms with Crippen LogP contribution in [0.5, 0.6) is 11.5 Å². The number of hydrogen-bond acceptors (Lipinski definition) is 5. The first-order valence-corrected chi connectivity index (χ1v) is 10.9. The molecule has 0 aliphatic carbocycles. The van der Waals surface area contributed by atoms with Crippen molar-refractivity contribution in [2.45, 2.75) is 66.8 Å². The van der Waals surface area contributed by atoms with Gasteiger partial charge in [0.25, 0.3) is 0 Å². The average Bonchev–Trinajstić information content (AvgIpc) is 3.00. The Morgan fingerprint density at radius 1 is 1.26 bits per heavy atom. The van der Waals surface area contributed by atoms with E-state index in [9.17, 15) is 9.90 Å². The summed E-state index contributed by atoms with van der Waals surface area (Å²) in [5.74, 6) is 1.23. The number of phenols is 1. The van der Waals surface area contributed by atoms with Gasteiger partial charge in [-0.25, -0.2) is 4.98 Å². The Morgan fingerprint density at radius 3 is 2.52 bits per heavy atom. The van der Waals surface area contributed by atoms with Crippen molar-refractivity contribution in [2.75, 3.05) is 13.2 Å². The van der Waals surface area contributed by atoms with E-state index in [2.05, 4.69) is 4.98 Å². The molecular weight excluding hydrogens is 390 g/mol. The van der Waals surface area contributed by atoms with Gasteiger partial charge < -0.3 is 14.7 Å². The van der Waals surface area contributed by atoms with Gasteiger partial charge in [0.05, 0.1) is 18.8 Å². The SMILES string of the molecule is CCOc1c(C)nc2c(c1C)CN(CC(=O)c1cc(CC)c(O)c(C(C)(C)C)c1)C2=N. The number of aromatic nitrogens is 1. The van der Waals surface area contributed by atoms with Crippen LogP contribution in [0.2, 0.25) is 0 Å². The lowest BCUT2D eigenvalue weighted by Gasteiger charge is -2.23. The van der Waals surface area contributed by atoms with Crippen LogP contribution in [-0.4, -0.2) is 39.8 Å². The summed E-state index contributed by atoms with van der Waals surface area (Å²) < 4.78 is 5.75. The van der Waals surface area contributed by atoms with Crippen LogP contribution in [0, 0.1) is 19.3 Å². The van der Waals surface area contributed by atoms with Crippen molar-refractivity contribution in [1.29, 1.82) is 5.41 Å². The summed E-state index contributed by atoms with van der Waals surface area (Å²) in [4.78, 5) is 19.6. The van der Waals surface area contributed by atoms with Crippen molar-refractivity contribution in [3.63, 3.8) is 0 Å². The topological polar surface area (TPSA) is 86.5 Å². The Labute approximate surface area is 184 Å². The largest absolute Gasteiger partial charge is 0.507 e. The van der Waals surface area contributed by atoms with Crippen molar-refractivity contribution in [3.05, 3.63) is 51.3 Å². The normalized spacial score (nSPS) is 13.5. The molecule has 0 saturated carbocycles. The number of carbonyl (C=O) groups is 1. The first kappa shape index (κ1) is 22.8. The molecule has 166 valence electrons. The smallest absolute Gasteiger partial charge is 0.182 e. The molecule has 2 aromatic rings. The van der Waals surface area contributed by atoms with E-state index in [1.54, 1.807) is 17.0 Å². The van der Waals surface area contributed by atoms with Crippen molar-refractivity contribution >= 4 is 11.6 Å². The number of ether oxygens (including phenoxy) is 1. The molecule has 3 rings (SSSR count). The maximum atomic E-state index is 13.2. The monoisotopic (exact) mass is 423 g/mol. The molecule has 0 saturated heterocycles. The van der Waals surface area contributed by atoms with Gasteiger partial charge in [0.1, 0.15) is 23.0 Å². The number of amidine groups is 1. The third kappa shape index (κ3) is 4.16. The van der Waals surface area contributed by atoms with Gasteiger partial charge >= 0.3 is 0 Å². The van der Waals surface area contributed by atoms with E-state index in [0.29, 0.717) is 30.8 Å². The Hall–Kier alpha value is -2.89. The molecule has 0 bridgehead atoms. The van der Waals surface area contributed by atoms with Gasteiger partial charge in [-0.2, -0.15) is 0 Å². The van der Waals surface area contributed by atoms with Crippen LogP contribution in [0.25, 0.3) is 0 Å². The fourth-order valence-electron chi connectivity index (χ4n) is 4.13. The molecule has 2 N–H and O–H groups in total. The van der Waals surface area contributed by atoms with E-state index in [4.69, 9.17) is 10.1 Å². The highest BCUT2D eigenvalue weighted by Gasteiger charge is 2.31. The third-order valence-electron chi connectivity index (χ3n) is 5.90. The number of fused-ring (bicyclic) bond motifs is 1. The van der Waals surface area contributed by atoms with Crippen molar-refractivity contribution in [3.8, 4) is 11.5 Å². The average molecular weight is 424 g/mol. The number of aryl methyl sites for hydroxylation is 2. The fourth-order valence-corrected chi connectivity index (χ4v) is 4.13. The number of Topliss-reactive ketones (excluding diaryl/α,β-unsaturated/α-hetero) is 1. The number of nitrogens with one attached hydrogen (secondary N) is 1. The summed E-state index contributed by atoms with van der Waals surface area (Å²) in [5.41, 5.74) is 5.14. The molecule has 0 fully saturated rings. The van der Waals surface area contributed by atoms with E-state index >= 15 is 0 Å². The predicted molar refractivity (Wildman–Crippen MR) is 123 cm³/mol. The molecule has 1 aliphatic rings. The number of nitrogens with zero attached hydrogens (tertiary/aromatic N) is 2. The standard InChI is InChI=1S/C25H33N3O3/c1-8-16-10-17(11-19(22(16)30)25(5,6)7)20(29)13-28-12-18-14(3)23(31-9-2)15(4)27-21(18)24(28)26/h10-11,26,30H,8-9,12-13H2,1-7H3. The second kappa shape index (κ2) is 8.33. The van der Waals surface area contributed by atoms with Crippen LogP contribution >= 0.6 is 0 Å². The molecule has 0 unspecified atom stereocenters. The van der Waals surface area contributed by atoms with Crippen LogP contribution in [0.15, 0.2) is 12.1 Å². The van der Waals surface area contributed by atoms with E-state index in [1.165, 1.54) is 0 Å². The quantitative estimate of drug-likeness (QED) is 0.659. The van der Waals surface area contributed by atoms with Crippen LogP contribution in [0.1, 0.15) is 78.6 Å². The minimum Gasteiger partial charge on any atom is -0.507 e. The molecule has 1 aliphatic heterocycles. The summed E-state index contributed by atoms with van der Waals surface area (Å²) >= 11 is 0. The number of phenolic OH excluding ortho intramolecular Hbond substituents is 1. The minimum atomic E-state index is -0.283. The van der Waals surface area contributed by atoms with Gasteiger partial charge in [0, 0.05) is 28.8 Å². The molecule has 1 aromatic carbocycles. The van der Waals surface area contributed by atoms with Gasteiger partial charge in [0.15, 0.2) is 5.78 Å². The Bertz CT molecular complexity index is 1050. The Kier molecular flexibility index (Phi) is 6.12. The molecule has 1 aromatic heterocycles. The fraction of sp³-hybridized carbons (Fsp3) is 0.480. The number of aromatic hydroxyl groups is 1. The molecule has 0 amide bonds. The predicted octanol–water partition coefficient (Wildman–Crippen LogP) is 4.69. The van der Waals surface area contributed by atoms with Crippen LogP contribution in [-0.2, 0) is 18.4 Å². The van der Waals surface area contributed by atoms with Crippen molar-refractivity contribution < 1.29 is 14.6 Å². The highest BCUT2D eigenvalue weighted by Crippen LogP contribution is 2.36. The van der Waals surface area contributed by atoms with Crippen molar-refractivity contribution in [2.24, 2.45) is 0 Å². The number of benzene rings is 1. The van der Waals surface area contributed by atoms with Crippen LogP contribution in [0.4, 0.5) is 0 Å². The van der Waals surface area contributed by atoms with Gasteiger partial charge in [0.2, 0.25) is 0 Å². The van der Waals surface area contributed by atoms with E-state index < -0.39 is 0 Å². The number of pyridine rings is 1. The summed E-state index contributed by atoms with van der Waals surface area (Å²) in [6.07, 6.45) is 0.642. The lowest BCUT2D eigenvalue weighted by molar-refractivity contribution is 0.0962. The molecule has 31 heavy (non-hydrogen) atoms. The second-order valence-corrected chi connectivity index (χ2v) is 9.17. The zero-order valence-electron chi connectivity index (χ0n) is 19.6. The maximum absolute atomic E-state index is 13.2. The third-order valence-corrected chi connectivity index (χ3v) is 5.90. The molecular formula is C25H33N3O3. The lowest BCUT2D eigenvalue weighted by Crippen LogP contribution is -2.30. The molecule has 2 heterocycles. The number of hydrogen-bond donors (Lipinski definition) is 2. The zero-order chi connectivity index (χ0) is 23.1. The molecule has 6 heteroatoms. The Balaban J connectivity index is 1.91. The number of carbonyl (C=O) groups excluding carboxylic acids is 1. The highest BCUT2D eigenvalue weighted by atomic mass is 16.5. The molecule has 0 atom stereocenters. The van der Waals surface area contributed by atoms with Crippen LogP contribution < -0.4 is 4.74 Å². The Morgan fingerprint density at radius 2 is 1.94 bits per heavy atom. The number of rotatable bonds is 6. The van der Waals surface area contributed by atoms with Gasteiger partial charge in [-0.1, -0.05) is 27.7 Å². The van der Waals surface area contributed by atoms with Crippen LogP contribution in [0.3, 0.4) is 0 Å². The van der Waals surface area contributed by atoms with Gasteiger partial charge in [-0.15, -0.1) is 0 Å². The zero-order valence-corrected chi connectivity index (χ0v) is 19.6. The summed E-state index contributed by atoms with van der Waals surface area (Å²) in [6, 6.07) is 3.57. The lowest BCUT2D eigenvalue weighted by atomic mass is 9.83. The molecule has 0 radical (unpaired) electrons. The van der Waals surface area contributed by atoms with E-state index in [0.717, 1.165) is 33.7 Å². The summed E-state index contributed by atoms with van der Waals surface area (Å²) in [6.45, 7) is 15.0. The van der Waals surface area contributed by atoms with Crippen molar-refractivity contribution in [1.82, 2.24) is 9.88 Å². The van der Waals surface area contributed by atoms with E-state index in [1.807, 2.05) is 48.5 Å². The van der Waals surface area contributed by atoms with Gasteiger partial charge in [-0.3, -0.25) is 10.2 Å². The van der Waals surface area contributed by atoms with E-state index in [-0.39, 0.29) is 29.3 Å². The number of ketones is 1.